The van der Waals surface area contributed by atoms with Crippen molar-refractivity contribution in [2.45, 2.75) is 33.4 Å². The summed E-state index contributed by atoms with van der Waals surface area (Å²) in [5.41, 5.74) is 1.01. The summed E-state index contributed by atoms with van der Waals surface area (Å²) in [4.78, 5) is 13.2. The smallest absolute Gasteiger partial charge is 0.317 e. The summed E-state index contributed by atoms with van der Waals surface area (Å²) >= 11 is 0. The highest BCUT2D eigenvalue weighted by molar-refractivity contribution is 5.73. The van der Waals surface area contributed by atoms with Crippen LogP contribution >= 0.6 is 0 Å². The second-order valence-electron chi connectivity index (χ2n) is 5.74. The molecule has 1 rings (SSSR count). The molecule has 0 radical (unpaired) electrons. The molecular weight excluding hydrogens is 268 g/mol. The molecule has 5 heteroatoms. The van der Waals surface area contributed by atoms with Crippen molar-refractivity contribution in [2.75, 3.05) is 20.2 Å². The van der Waals surface area contributed by atoms with Gasteiger partial charge in [-0.3, -0.25) is 0 Å². The first kappa shape index (κ1) is 17.3. The van der Waals surface area contributed by atoms with Crippen molar-refractivity contribution in [1.82, 2.24) is 10.2 Å². The Kier molecular flexibility index (Phi) is 7.02. The summed E-state index contributed by atoms with van der Waals surface area (Å²) in [6, 6.07) is 7.48. The zero-order chi connectivity index (χ0) is 15.8. The van der Waals surface area contributed by atoms with Gasteiger partial charge in [0.1, 0.15) is 5.75 Å². The average molecular weight is 294 g/mol. The maximum atomic E-state index is 11.8. The third kappa shape index (κ3) is 6.99. The van der Waals surface area contributed by atoms with E-state index in [1.165, 1.54) is 4.90 Å². The number of hydrogen-bond acceptors (Lipinski definition) is 3. The van der Waals surface area contributed by atoms with Crippen LogP contribution in [0.4, 0.5) is 4.79 Å². The standard InChI is InChI=1S/C16H26N2O3/c1-12(2)11-21-15-7-5-14(6-8-15)9-17-16(20)18(4)10-13(3)19/h5-8,12-13,19H,9-11H2,1-4H3,(H,17,20). The molecule has 1 aromatic carbocycles. The van der Waals surface area contributed by atoms with E-state index in [0.29, 0.717) is 25.6 Å². The molecule has 0 heterocycles. The number of aliphatic hydroxyl groups is 1. The number of hydrogen-bond donors (Lipinski definition) is 2. The van der Waals surface area contributed by atoms with E-state index in [0.717, 1.165) is 11.3 Å². The van der Waals surface area contributed by atoms with Crippen LogP contribution in [-0.4, -0.2) is 42.3 Å². The van der Waals surface area contributed by atoms with Crippen LogP contribution in [0.1, 0.15) is 26.3 Å². The van der Waals surface area contributed by atoms with Gasteiger partial charge in [0.05, 0.1) is 12.7 Å². The second kappa shape index (κ2) is 8.52. The predicted molar refractivity (Wildman–Crippen MR) is 83.3 cm³/mol. The molecule has 0 aliphatic rings. The maximum absolute atomic E-state index is 11.8. The summed E-state index contributed by atoms with van der Waals surface area (Å²) in [5, 5.41) is 12.1. The van der Waals surface area contributed by atoms with E-state index in [2.05, 4.69) is 19.2 Å². The maximum Gasteiger partial charge on any atom is 0.317 e. The van der Waals surface area contributed by atoms with Gasteiger partial charge in [0.15, 0.2) is 0 Å². The lowest BCUT2D eigenvalue weighted by Crippen LogP contribution is -2.40. The van der Waals surface area contributed by atoms with Crippen molar-refractivity contribution < 1.29 is 14.6 Å². The van der Waals surface area contributed by atoms with Crippen LogP contribution in [0.15, 0.2) is 24.3 Å². The summed E-state index contributed by atoms with van der Waals surface area (Å²) in [5.74, 6) is 1.33. The van der Waals surface area contributed by atoms with Gasteiger partial charge < -0.3 is 20.1 Å². The monoisotopic (exact) mass is 294 g/mol. The zero-order valence-corrected chi connectivity index (χ0v) is 13.3. The van der Waals surface area contributed by atoms with Crippen molar-refractivity contribution >= 4 is 6.03 Å². The number of rotatable bonds is 7. The number of carbonyl (C=O) groups is 1. The topological polar surface area (TPSA) is 61.8 Å². The van der Waals surface area contributed by atoms with Crippen molar-refractivity contribution in [1.29, 1.82) is 0 Å². The summed E-state index contributed by atoms with van der Waals surface area (Å²) in [6.45, 7) is 7.32. The SMILES string of the molecule is CC(C)COc1ccc(CNC(=O)N(C)CC(C)O)cc1. The molecule has 5 nitrogen and oxygen atoms in total. The van der Waals surface area contributed by atoms with Gasteiger partial charge in [-0.15, -0.1) is 0 Å². The van der Waals surface area contributed by atoms with Gasteiger partial charge in [-0.2, -0.15) is 0 Å². The summed E-state index contributed by atoms with van der Waals surface area (Å²) in [7, 11) is 1.66. The van der Waals surface area contributed by atoms with Crippen LogP contribution in [0.25, 0.3) is 0 Å². The predicted octanol–water partition coefficient (Wildman–Crippen LogP) is 2.24. The molecule has 0 aliphatic heterocycles. The lowest BCUT2D eigenvalue weighted by Gasteiger charge is -2.19. The molecule has 1 atom stereocenters. The van der Waals surface area contributed by atoms with E-state index < -0.39 is 6.10 Å². The highest BCUT2D eigenvalue weighted by Crippen LogP contribution is 2.13. The van der Waals surface area contributed by atoms with E-state index in [9.17, 15) is 9.90 Å². The van der Waals surface area contributed by atoms with Gasteiger partial charge in [0.25, 0.3) is 0 Å². The van der Waals surface area contributed by atoms with Crippen molar-refractivity contribution in [3.63, 3.8) is 0 Å². The number of aliphatic hydroxyl groups excluding tert-OH is 1. The number of amides is 2. The van der Waals surface area contributed by atoms with Crippen LogP contribution in [0.5, 0.6) is 5.75 Å². The fraction of sp³-hybridized carbons (Fsp3) is 0.562. The number of ether oxygens (including phenoxy) is 1. The lowest BCUT2D eigenvalue weighted by atomic mass is 10.2. The largest absolute Gasteiger partial charge is 0.493 e. The van der Waals surface area contributed by atoms with Gasteiger partial charge in [0, 0.05) is 20.1 Å². The van der Waals surface area contributed by atoms with Crippen molar-refractivity contribution in [3.8, 4) is 5.75 Å². The molecule has 2 amide bonds. The quantitative estimate of drug-likeness (QED) is 0.811. The molecule has 21 heavy (non-hydrogen) atoms. The van der Waals surface area contributed by atoms with E-state index in [-0.39, 0.29) is 6.03 Å². The molecule has 2 N–H and O–H groups in total. The Hall–Kier alpha value is -1.75. The number of nitrogens with zero attached hydrogens (tertiary/aromatic N) is 1. The third-order valence-electron chi connectivity index (χ3n) is 2.84. The Morgan fingerprint density at radius 2 is 1.90 bits per heavy atom. The zero-order valence-electron chi connectivity index (χ0n) is 13.3. The van der Waals surface area contributed by atoms with Crippen LogP contribution < -0.4 is 10.1 Å². The highest BCUT2D eigenvalue weighted by Gasteiger charge is 2.10. The van der Waals surface area contributed by atoms with Crippen molar-refractivity contribution in [2.24, 2.45) is 5.92 Å². The van der Waals surface area contributed by atoms with Gasteiger partial charge >= 0.3 is 6.03 Å². The first-order chi connectivity index (χ1) is 9.88. The number of carbonyl (C=O) groups excluding carboxylic acids is 1. The molecule has 0 saturated heterocycles. The first-order valence-electron chi connectivity index (χ1n) is 7.27. The molecule has 1 unspecified atom stereocenters. The fourth-order valence-electron chi connectivity index (χ4n) is 1.76. The Bertz CT molecular complexity index is 430. The van der Waals surface area contributed by atoms with Crippen LogP contribution in [-0.2, 0) is 6.54 Å². The van der Waals surface area contributed by atoms with Gasteiger partial charge in [-0.05, 0) is 30.5 Å². The van der Waals surface area contributed by atoms with E-state index >= 15 is 0 Å². The minimum absolute atomic E-state index is 0.198. The van der Waals surface area contributed by atoms with E-state index in [1.807, 2.05) is 24.3 Å². The Balaban J connectivity index is 2.40. The number of nitrogens with one attached hydrogen (secondary N) is 1. The Labute approximate surface area is 126 Å². The van der Waals surface area contributed by atoms with Crippen LogP contribution in [0, 0.1) is 5.92 Å². The summed E-state index contributed by atoms with van der Waals surface area (Å²) in [6.07, 6.45) is -0.530. The molecule has 0 aromatic heterocycles. The summed E-state index contributed by atoms with van der Waals surface area (Å²) < 4.78 is 5.61. The number of urea groups is 1. The number of benzene rings is 1. The molecular formula is C16H26N2O3. The van der Waals surface area contributed by atoms with Gasteiger partial charge in [-0.25, -0.2) is 4.79 Å². The van der Waals surface area contributed by atoms with E-state index in [1.54, 1.807) is 14.0 Å². The molecule has 0 saturated carbocycles. The van der Waals surface area contributed by atoms with E-state index in [4.69, 9.17) is 4.74 Å². The molecule has 0 fully saturated rings. The van der Waals surface area contributed by atoms with Crippen molar-refractivity contribution in [3.05, 3.63) is 29.8 Å². The molecule has 0 aliphatic carbocycles. The van der Waals surface area contributed by atoms with Crippen LogP contribution in [0.2, 0.25) is 0 Å². The molecule has 0 bridgehead atoms. The normalized spacial score (nSPS) is 12.1. The third-order valence-corrected chi connectivity index (χ3v) is 2.84. The second-order valence-corrected chi connectivity index (χ2v) is 5.74. The Morgan fingerprint density at radius 1 is 1.29 bits per heavy atom. The minimum Gasteiger partial charge on any atom is -0.493 e. The minimum atomic E-state index is -0.530. The molecule has 118 valence electrons. The van der Waals surface area contributed by atoms with Crippen LogP contribution in [0.3, 0.4) is 0 Å². The van der Waals surface area contributed by atoms with Gasteiger partial charge in [0.2, 0.25) is 0 Å². The highest BCUT2D eigenvalue weighted by atomic mass is 16.5. The Morgan fingerprint density at radius 3 is 2.43 bits per heavy atom. The lowest BCUT2D eigenvalue weighted by molar-refractivity contribution is 0.143. The average Bonchev–Trinajstić information content (AvgIpc) is 2.42. The molecule has 0 spiro atoms. The van der Waals surface area contributed by atoms with Gasteiger partial charge in [-0.1, -0.05) is 26.0 Å². The first-order valence-corrected chi connectivity index (χ1v) is 7.27. The fourth-order valence-corrected chi connectivity index (χ4v) is 1.76. The number of likely N-dealkylation sites (N-methyl/N-ethyl adjacent to an activating group) is 1. The molecule has 1 aromatic rings.